The van der Waals surface area contributed by atoms with Crippen molar-refractivity contribution in [3.63, 3.8) is 0 Å². The fourth-order valence-electron chi connectivity index (χ4n) is 2.20. The number of fused-ring (bicyclic) bond motifs is 2. The van der Waals surface area contributed by atoms with Crippen molar-refractivity contribution >= 4 is 21.9 Å². The summed E-state index contributed by atoms with van der Waals surface area (Å²) in [4.78, 5) is 0. The molecule has 0 unspecified atom stereocenters. The van der Waals surface area contributed by atoms with Gasteiger partial charge < -0.3 is 19.3 Å². The van der Waals surface area contributed by atoms with Gasteiger partial charge in [-0.1, -0.05) is 0 Å². The number of phenols is 1. The van der Waals surface area contributed by atoms with Crippen molar-refractivity contribution < 1.29 is 13.9 Å². The lowest BCUT2D eigenvalue weighted by Crippen LogP contribution is -2.10. The Kier molecular flexibility index (Phi) is 2.30. The minimum Gasteiger partial charge on any atom is -0.504 e. The Labute approximate surface area is 97.8 Å². The van der Waals surface area contributed by atoms with Gasteiger partial charge in [0.25, 0.3) is 0 Å². The number of aromatic hydroxyl groups is 1. The molecule has 0 saturated carbocycles. The third-order valence-corrected chi connectivity index (χ3v) is 3.02. The van der Waals surface area contributed by atoms with E-state index in [1.54, 1.807) is 18.6 Å². The van der Waals surface area contributed by atoms with Crippen molar-refractivity contribution in [3.05, 3.63) is 30.2 Å². The van der Waals surface area contributed by atoms with Crippen molar-refractivity contribution in [2.24, 2.45) is 0 Å². The predicted molar refractivity (Wildman–Crippen MR) is 65.3 cm³/mol. The lowest BCUT2D eigenvalue weighted by molar-refractivity contribution is 0.470. The number of likely N-dealkylation sites (N-methyl/N-ethyl adjacent to an activating group) is 1. The summed E-state index contributed by atoms with van der Waals surface area (Å²) < 4.78 is 10.8. The number of hydrogen-bond acceptors (Lipinski definition) is 4. The summed E-state index contributed by atoms with van der Waals surface area (Å²) in [6, 6.07) is 3.62. The fraction of sp³-hybridized carbons (Fsp3) is 0.231. The van der Waals surface area contributed by atoms with E-state index in [4.69, 9.17) is 8.83 Å². The third kappa shape index (κ3) is 1.41. The second-order valence-electron chi connectivity index (χ2n) is 4.01. The van der Waals surface area contributed by atoms with E-state index in [0.29, 0.717) is 11.0 Å². The molecule has 2 aromatic heterocycles. The zero-order valence-corrected chi connectivity index (χ0v) is 9.49. The summed E-state index contributed by atoms with van der Waals surface area (Å²) in [6.07, 6.45) is 4.01. The van der Waals surface area contributed by atoms with E-state index in [9.17, 15) is 5.11 Å². The van der Waals surface area contributed by atoms with Crippen LogP contribution < -0.4 is 5.32 Å². The summed E-state index contributed by atoms with van der Waals surface area (Å²) >= 11 is 0. The predicted octanol–water partition coefficient (Wildman–Crippen LogP) is 2.65. The third-order valence-electron chi connectivity index (χ3n) is 3.02. The Hall–Kier alpha value is -1.94. The molecule has 4 nitrogen and oxygen atoms in total. The Balaban J connectivity index is 2.35. The molecule has 1 aromatic carbocycles. The zero-order valence-electron chi connectivity index (χ0n) is 9.49. The summed E-state index contributed by atoms with van der Waals surface area (Å²) in [5.74, 6) is 0.155. The van der Waals surface area contributed by atoms with Gasteiger partial charge in [-0.25, -0.2) is 0 Å². The van der Waals surface area contributed by atoms with Gasteiger partial charge in [0, 0.05) is 10.9 Å². The second-order valence-corrected chi connectivity index (χ2v) is 4.01. The molecular weight excluding hydrogens is 218 g/mol. The number of rotatable bonds is 3. The summed E-state index contributed by atoms with van der Waals surface area (Å²) in [7, 11) is 1.91. The molecule has 88 valence electrons. The smallest absolute Gasteiger partial charge is 0.176 e. The van der Waals surface area contributed by atoms with Crippen LogP contribution in [0.25, 0.3) is 21.9 Å². The number of phenolic OH excluding ortho intramolecular Hbond substituents is 1. The zero-order chi connectivity index (χ0) is 11.8. The van der Waals surface area contributed by atoms with E-state index in [2.05, 4.69) is 5.32 Å². The molecule has 0 fully saturated rings. The highest BCUT2D eigenvalue weighted by Gasteiger charge is 2.17. The van der Waals surface area contributed by atoms with E-state index >= 15 is 0 Å². The van der Waals surface area contributed by atoms with Gasteiger partial charge in [-0.3, -0.25) is 0 Å². The number of furan rings is 2. The molecule has 0 aliphatic carbocycles. The minimum absolute atomic E-state index is 0.155. The van der Waals surface area contributed by atoms with Crippen LogP contribution in [-0.4, -0.2) is 18.7 Å². The first-order chi connectivity index (χ1) is 8.33. The van der Waals surface area contributed by atoms with Gasteiger partial charge in [-0.05, 0) is 32.1 Å². The number of hydrogen-bond donors (Lipinski definition) is 2. The molecule has 0 bridgehead atoms. The average molecular weight is 231 g/mol. The lowest BCUT2D eigenvalue weighted by atomic mass is 10.0. The van der Waals surface area contributed by atoms with Crippen LogP contribution in [0, 0.1) is 0 Å². The van der Waals surface area contributed by atoms with Gasteiger partial charge in [0.15, 0.2) is 11.3 Å². The number of benzene rings is 1. The van der Waals surface area contributed by atoms with Gasteiger partial charge in [-0.2, -0.15) is 0 Å². The van der Waals surface area contributed by atoms with Gasteiger partial charge in [0.2, 0.25) is 0 Å². The summed E-state index contributed by atoms with van der Waals surface area (Å²) in [6.45, 7) is 0.848. The maximum atomic E-state index is 10.1. The molecular formula is C13H13NO3. The summed E-state index contributed by atoms with van der Waals surface area (Å²) in [5.41, 5.74) is 2.34. The first kappa shape index (κ1) is 10.2. The van der Waals surface area contributed by atoms with Gasteiger partial charge in [-0.15, -0.1) is 0 Å². The highest BCUT2D eigenvalue weighted by molar-refractivity contribution is 6.03. The molecule has 2 heterocycles. The molecule has 17 heavy (non-hydrogen) atoms. The van der Waals surface area contributed by atoms with E-state index in [1.807, 2.05) is 13.1 Å². The molecule has 0 spiro atoms. The van der Waals surface area contributed by atoms with Crippen molar-refractivity contribution in [2.75, 3.05) is 13.6 Å². The molecule has 2 N–H and O–H groups in total. The second kappa shape index (κ2) is 3.82. The van der Waals surface area contributed by atoms with Crippen molar-refractivity contribution in [1.29, 1.82) is 0 Å². The van der Waals surface area contributed by atoms with Gasteiger partial charge >= 0.3 is 0 Å². The molecule has 3 rings (SSSR count). The van der Waals surface area contributed by atoms with E-state index in [-0.39, 0.29) is 5.75 Å². The first-order valence-electron chi connectivity index (χ1n) is 5.55. The largest absolute Gasteiger partial charge is 0.504 e. The maximum Gasteiger partial charge on any atom is 0.176 e. The van der Waals surface area contributed by atoms with Crippen LogP contribution in [0.3, 0.4) is 0 Å². The SMILES string of the molecule is CNCCc1c2ccoc2c(O)c2ccoc12. The van der Waals surface area contributed by atoms with Gasteiger partial charge in [0.1, 0.15) is 5.58 Å². The van der Waals surface area contributed by atoms with E-state index < -0.39 is 0 Å². The molecule has 0 saturated heterocycles. The standard InChI is InChI=1S/C13H13NO3/c1-14-5-2-8-9-3-6-17-13(9)11(15)10-4-7-16-12(8)10/h3-4,6-7,14-15H,2,5H2,1H3. The molecule has 0 atom stereocenters. The van der Waals surface area contributed by atoms with Crippen molar-refractivity contribution in [1.82, 2.24) is 5.32 Å². The van der Waals surface area contributed by atoms with Crippen molar-refractivity contribution in [3.8, 4) is 5.75 Å². The molecule has 0 radical (unpaired) electrons. The number of nitrogens with one attached hydrogen (secondary N) is 1. The minimum atomic E-state index is 0.155. The Bertz CT molecular complexity index is 614. The molecule has 3 aromatic rings. The molecule has 0 aliphatic heterocycles. The normalized spacial score (nSPS) is 11.6. The fourth-order valence-corrected chi connectivity index (χ4v) is 2.20. The van der Waals surface area contributed by atoms with Crippen LogP contribution in [0.15, 0.2) is 33.5 Å². The topological polar surface area (TPSA) is 58.5 Å². The maximum absolute atomic E-state index is 10.1. The average Bonchev–Trinajstić information content (AvgIpc) is 2.97. The lowest BCUT2D eigenvalue weighted by Gasteiger charge is -2.05. The first-order valence-corrected chi connectivity index (χ1v) is 5.55. The quantitative estimate of drug-likeness (QED) is 0.727. The van der Waals surface area contributed by atoms with Crippen LogP contribution in [0.5, 0.6) is 5.75 Å². The molecule has 0 amide bonds. The van der Waals surface area contributed by atoms with Crippen LogP contribution in [0.2, 0.25) is 0 Å². The monoisotopic (exact) mass is 231 g/mol. The van der Waals surface area contributed by atoms with E-state index in [1.165, 1.54) is 0 Å². The van der Waals surface area contributed by atoms with Crippen molar-refractivity contribution in [2.45, 2.75) is 6.42 Å². The summed E-state index contributed by atoms with van der Waals surface area (Å²) in [5, 5.41) is 14.8. The van der Waals surface area contributed by atoms with Gasteiger partial charge in [0.05, 0.1) is 17.9 Å². The Morgan fingerprint density at radius 2 is 1.82 bits per heavy atom. The van der Waals surface area contributed by atoms with Crippen LogP contribution in [0.4, 0.5) is 0 Å². The van der Waals surface area contributed by atoms with Crippen LogP contribution >= 0.6 is 0 Å². The van der Waals surface area contributed by atoms with Crippen LogP contribution in [0.1, 0.15) is 5.56 Å². The molecule has 0 aliphatic rings. The van der Waals surface area contributed by atoms with Crippen LogP contribution in [-0.2, 0) is 6.42 Å². The Morgan fingerprint density at radius 3 is 2.59 bits per heavy atom. The molecule has 4 heteroatoms. The van der Waals surface area contributed by atoms with E-state index in [0.717, 1.165) is 29.5 Å². The Morgan fingerprint density at radius 1 is 1.12 bits per heavy atom. The highest BCUT2D eigenvalue weighted by Crippen LogP contribution is 2.38. The highest BCUT2D eigenvalue weighted by atomic mass is 16.4.